The fourth-order valence-corrected chi connectivity index (χ4v) is 6.75. The molecule has 2 heterocycles. The number of nitrogens with zero attached hydrogens (tertiary/aromatic N) is 4. The smallest absolute Gasteiger partial charge is 0.164 e. The molecule has 0 atom stereocenters. The number of benzene rings is 7. The first-order valence-corrected chi connectivity index (χ1v) is 16.6. The lowest BCUT2D eigenvalue weighted by Crippen LogP contribution is -2.02. The van der Waals surface area contributed by atoms with Crippen LogP contribution in [0, 0.1) is 5.82 Å². The van der Waals surface area contributed by atoms with Crippen LogP contribution in [0.5, 0.6) is 0 Å². The van der Waals surface area contributed by atoms with Crippen LogP contribution in [0.2, 0.25) is 0 Å². The molecule has 4 nitrogen and oxygen atoms in total. The fraction of sp³-hybridized carbons (Fsp3) is 0. The van der Waals surface area contributed by atoms with Crippen molar-refractivity contribution in [2.24, 2.45) is 0 Å². The van der Waals surface area contributed by atoms with Crippen molar-refractivity contribution in [3.05, 3.63) is 182 Å². The summed E-state index contributed by atoms with van der Waals surface area (Å²) in [6, 6.07) is 58.4. The Kier molecular flexibility index (Phi) is 7.29. The van der Waals surface area contributed by atoms with Gasteiger partial charge in [-0.15, -0.1) is 0 Å². The highest BCUT2D eigenvalue weighted by Gasteiger charge is 2.19. The number of hydrogen-bond acceptors (Lipinski definition) is 3. The summed E-state index contributed by atoms with van der Waals surface area (Å²) in [5.41, 5.74) is 9.50. The average molecular weight is 645 g/mol. The van der Waals surface area contributed by atoms with E-state index < -0.39 is 0 Å². The molecule has 0 aliphatic heterocycles. The second-order valence-electron chi connectivity index (χ2n) is 12.2. The maximum atomic E-state index is 14.7. The fourth-order valence-electron chi connectivity index (χ4n) is 6.75. The third-order valence-corrected chi connectivity index (χ3v) is 9.12. The summed E-state index contributed by atoms with van der Waals surface area (Å²) in [4.78, 5) is 15.1. The zero-order chi connectivity index (χ0) is 33.4. The molecule has 0 saturated heterocycles. The summed E-state index contributed by atoms with van der Waals surface area (Å²) in [7, 11) is 0. The van der Waals surface area contributed by atoms with Gasteiger partial charge in [0.1, 0.15) is 5.82 Å². The van der Waals surface area contributed by atoms with E-state index in [1.165, 1.54) is 6.07 Å². The van der Waals surface area contributed by atoms with Gasteiger partial charge in [0, 0.05) is 33.2 Å². The van der Waals surface area contributed by atoms with E-state index in [-0.39, 0.29) is 5.82 Å². The zero-order valence-corrected chi connectivity index (χ0v) is 26.9. The lowest BCUT2D eigenvalue weighted by Gasteiger charge is -2.16. The van der Waals surface area contributed by atoms with Crippen molar-refractivity contribution >= 4 is 21.8 Å². The highest BCUT2D eigenvalue weighted by molar-refractivity contribution is 6.10. The second kappa shape index (κ2) is 12.4. The Morgan fingerprint density at radius 2 is 0.940 bits per heavy atom. The second-order valence-corrected chi connectivity index (χ2v) is 12.2. The maximum absolute atomic E-state index is 14.7. The molecule has 50 heavy (non-hydrogen) atoms. The summed E-state index contributed by atoms with van der Waals surface area (Å²) >= 11 is 0. The molecule has 2 aromatic heterocycles. The lowest BCUT2D eigenvalue weighted by molar-refractivity contribution is 0.628. The van der Waals surface area contributed by atoms with Crippen LogP contribution < -0.4 is 0 Å². The molecule has 0 amide bonds. The van der Waals surface area contributed by atoms with Crippen molar-refractivity contribution in [1.29, 1.82) is 0 Å². The summed E-state index contributed by atoms with van der Waals surface area (Å²) in [5, 5.41) is 2.32. The number of halogens is 1. The van der Waals surface area contributed by atoms with Crippen LogP contribution in [0.4, 0.5) is 4.39 Å². The molecule has 236 valence electrons. The average Bonchev–Trinajstić information content (AvgIpc) is 3.52. The SMILES string of the molecule is Fc1cccc(-c2ccc(-n3c4ccccc4c4ccc(-c5ccccc5)cc43)cc2-c2nc(-c3ccccc3)nc(-c3ccccc3)n2)c1. The number of rotatable bonds is 6. The summed E-state index contributed by atoms with van der Waals surface area (Å²) in [6.45, 7) is 0. The molecule has 0 aliphatic carbocycles. The van der Waals surface area contributed by atoms with Crippen molar-refractivity contribution in [1.82, 2.24) is 19.5 Å². The summed E-state index contributed by atoms with van der Waals surface area (Å²) in [6.07, 6.45) is 0. The van der Waals surface area contributed by atoms with E-state index in [1.54, 1.807) is 12.1 Å². The Morgan fingerprint density at radius 3 is 1.62 bits per heavy atom. The van der Waals surface area contributed by atoms with E-state index in [2.05, 4.69) is 89.5 Å². The number of fused-ring (bicyclic) bond motifs is 3. The van der Waals surface area contributed by atoms with Crippen LogP contribution in [0.1, 0.15) is 0 Å². The quantitative estimate of drug-likeness (QED) is 0.181. The van der Waals surface area contributed by atoms with Gasteiger partial charge in [0.15, 0.2) is 17.5 Å². The van der Waals surface area contributed by atoms with E-state index in [0.717, 1.165) is 66.4 Å². The highest BCUT2D eigenvalue weighted by Crippen LogP contribution is 2.39. The van der Waals surface area contributed by atoms with Crippen LogP contribution in [0.15, 0.2) is 176 Å². The summed E-state index contributed by atoms with van der Waals surface area (Å²) < 4.78 is 17.0. The van der Waals surface area contributed by atoms with E-state index in [9.17, 15) is 4.39 Å². The van der Waals surface area contributed by atoms with Gasteiger partial charge in [-0.2, -0.15) is 0 Å². The largest absolute Gasteiger partial charge is 0.309 e. The van der Waals surface area contributed by atoms with Crippen molar-refractivity contribution < 1.29 is 4.39 Å². The first kappa shape index (κ1) is 29.4. The van der Waals surface area contributed by atoms with Crippen LogP contribution in [-0.2, 0) is 0 Å². The zero-order valence-electron chi connectivity index (χ0n) is 26.9. The van der Waals surface area contributed by atoms with E-state index >= 15 is 0 Å². The molecule has 0 saturated carbocycles. The molecule has 0 N–H and O–H groups in total. The Balaban J connectivity index is 1.33. The van der Waals surface area contributed by atoms with Crippen molar-refractivity contribution in [2.45, 2.75) is 0 Å². The molecule has 9 rings (SSSR count). The molecule has 9 aromatic rings. The van der Waals surface area contributed by atoms with Gasteiger partial charge < -0.3 is 4.57 Å². The minimum Gasteiger partial charge on any atom is -0.309 e. The first-order chi connectivity index (χ1) is 24.7. The van der Waals surface area contributed by atoms with Gasteiger partial charge in [0.05, 0.1) is 11.0 Å². The lowest BCUT2D eigenvalue weighted by atomic mass is 9.98. The van der Waals surface area contributed by atoms with Crippen LogP contribution in [-0.4, -0.2) is 19.5 Å². The Morgan fingerprint density at radius 1 is 0.360 bits per heavy atom. The van der Waals surface area contributed by atoms with Crippen molar-refractivity contribution in [2.75, 3.05) is 0 Å². The predicted octanol–water partition coefficient (Wildman–Crippen LogP) is 11.4. The Bertz CT molecular complexity index is 2590. The van der Waals surface area contributed by atoms with Crippen LogP contribution >= 0.6 is 0 Å². The third kappa shape index (κ3) is 5.31. The van der Waals surface area contributed by atoms with Gasteiger partial charge in [-0.3, -0.25) is 0 Å². The molecule has 7 aromatic carbocycles. The maximum Gasteiger partial charge on any atom is 0.164 e. The number of hydrogen-bond donors (Lipinski definition) is 0. The summed E-state index contributed by atoms with van der Waals surface area (Å²) in [5.74, 6) is 1.33. The molecule has 0 unspecified atom stereocenters. The number of aromatic nitrogens is 4. The standard InChI is InChI=1S/C45H29FN4/c46-35-20-12-19-34(27-35)37-26-24-36(50-41-22-11-10-21-38(41)39-25-23-33(28-42(39)50)30-13-4-1-5-14-30)29-40(37)45-48-43(31-15-6-2-7-16-31)47-44(49-45)32-17-8-3-9-18-32/h1-29H. The van der Waals surface area contributed by atoms with Gasteiger partial charge in [-0.05, 0) is 58.7 Å². The molecule has 0 spiro atoms. The molecule has 0 aliphatic rings. The molecule has 0 bridgehead atoms. The van der Waals surface area contributed by atoms with Gasteiger partial charge in [-0.25, -0.2) is 19.3 Å². The highest BCUT2D eigenvalue weighted by atomic mass is 19.1. The Hall–Kier alpha value is -6.72. The predicted molar refractivity (Wildman–Crippen MR) is 201 cm³/mol. The molecule has 5 heteroatoms. The molecular weight excluding hydrogens is 616 g/mol. The van der Waals surface area contributed by atoms with Crippen LogP contribution in [0.25, 0.3) is 83.9 Å². The number of para-hydroxylation sites is 1. The molecular formula is C45H29FN4. The normalized spacial score (nSPS) is 11.3. The topological polar surface area (TPSA) is 43.6 Å². The van der Waals surface area contributed by atoms with Crippen molar-refractivity contribution in [3.63, 3.8) is 0 Å². The minimum atomic E-state index is -0.307. The monoisotopic (exact) mass is 644 g/mol. The Labute approximate surface area is 288 Å². The van der Waals surface area contributed by atoms with Gasteiger partial charge in [0.2, 0.25) is 0 Å². The van der Waals surface area contributed by atoms with E-state index in [1.807, 2.05) is 72.8 Å². The van der Waals surface area contributed by atoms with Gasteiger partial charge in [0.25, 0.3) is 0 Å². The van der Waals surface area contributed by atoms with Gasteiger partial charge in [-0.1, -0.05) is 140 Å². The third-order valence-electron chi connectivity index (χ3n) is 9.12. The molecule has 0 radical (unpaired) electrons. The van der Waals surface area contributed by atoms with Gasteiger partial charge >= 0.3 is 0 Å². The van der Waals surface area contributed by atoms with E-state index in [4.69, 9.17) is 15.0 Å². The first-order valence-electron chi connectivity index (χ1n) is 16.6. The van der Waals surface area contributed by atoms with Crippen LogP contribution in [0.3, 0.4) is 0 Å². The molecule has 0 fully saturated rings. The minimum absolute atomic E-state index is 0.307. The van der Waals surface area contributed by atoms with E-state index in [0.29, 0.717) is 17.5 Å². The van der Waals surface area contributed by atoms with Crippen molar-refractivity contribution in [3.8, 4) is 62.1 Å².